The van der Waals surface area contributed by atoms with Crippen LogP contribution in [-0.4, -0.2) is 44.8 Å². The SMILES string of the molecule is C=CC(OCOC)[C@@H]1C[C@H]2C3(C[C@]1(C)C(=O)C2(C)C)OCCO3. The Bertz CT molecular complexity index is 494. The van der Waals surface area contributed by atoms with Crippen molar-refractivity contribution in [2.24, 2.45) is 22.7 Å². The highest BCUT2D eigenvalue weighted by atomic mass is 16.7. The first kappa shape index (κ1) is 17.1. The summed E-state index contributed by atoms with van der Waals surface area (Å²) in [4.78, 5) is 13.2. The van der Waals surface area contributed by atoms with Gasteiger partial charge in [0.1, 0.15) is 12.6 Å². The van der Waals surface area contributed by atoms with Gasteiger partial charge in [-0.05, 0) is 6.42 Å². The summed E-state index contributed by atoms with van der Waals surface area (Å²) >= 11 is 0. The summed E-state index contributed by atoms with van der Waals surface area (Å²) in [7, 11) is 1.60. The highest BCUT2D eigenvalue weighted by Gasteiger charge is 2.71. The molecule has 3 saturated carbocycles. The van der Waals surface area contributed by atoms with Gasteiger partial charge in [0.25, 0.3) is 0 Å². The van der Waals surface area contributed by atoms with Gasteiger partial charge in [-0.2, -0.15) is 0 Å². The molecular formula is C18H28O5. The molecule has 1 heterocycles. The fraction of sp³-hybridized carbons (Fsp3) is 0.833. The predicted molar refractivity (Wildman–Crippen MR) is 84.7 cm³/mol. The lowest BCUT2D eigenvalue weighted by Crippen LogP contribution is -2.69. The molecule has 23 heavy (non-hydrogen) atoms. The van der Waals surface area contributed by atoms with E-state index in [0.29, 0.717) is 19.6 Å². The number of carbonyl (C=O) groups excluding carboxylic acids is 1. The van der Waals surface area contributed by atoms with E-state index in [1.807, 2.05) is 20.8 Å². The lowest BCUT2D eigenvalue weighted by Gasteiger charge is -2.63. The number of ketones is 1. The van der Waals surface area contributed by atoms with Crippen molar-refractivity contribution in [3.8, 4) is 0 Å². The summed E-state index contributed by atoms with van der Waals surface area (Å²) in [6.07, 6.45) is 3.01. The van der Waals surface area contributed by atoms with Crippen LogP contribution in [-0.2, 0) is 23.7 Å². The highest BCUT2D eigenvalue weighted by Crippen LogP contribution is 2.65. The zero-order valence-electron chi connectivity index (χ0n) is 14.6. The van der Waals surface area contributed by atoms with E-state index in [1.165, 1.54) is 0 Å². The molecule has 0 aromatic heterocycles. The second-order valence-corrected chi connectivity index (χ2v) is 7.82. The Labute approximate surface area is 138 Å². The minimum Gasteiger partial charge on any atom is -0.359 e. The molecule has 4 fully saturated rings. The molecule has 1 spiro atoms. The molecule has 1 aliphatic heterocycles. The molecule has 0 aromatic rings. The maximum Gasteiger partial charge on any atom is 0.173 e. The van der Waals surface area contributed by atoms with Gasteiger partial charge in [-0.15, -0.1) is 6.58 Å². The van der Waals surface area contributed by atoms with E-state index in [2.05, 4.69) is 6.58 Å². The first-order valence-electron chi connectivity index (χ1n) is 8.38. The smallest absolute Gasteiger partial charge is 0.173 e. The Hall–Kier alpha value is -0.750. The molecule has 0 N–H and O–H groups in total. The molecule has 2 bridgehead atoms. The van der Waals surface area contributed by atoms with E-state index in [9.17, 15) is 4.79 Å². The van der Waals surface area contributed by atoms with Crippen molar-refractivity contribution in [1.82, 2.24) is 0 Å². The Morgan fingerprint density at radius 3 is 2.57 bits per heavy atom. The second kappa shape index (κ2) is 5.66. The number of Topliss-reactive ketones (excluding diaryl/α,β-unsaturated/α-hetero) is 1. The third kappa shape index (κ3) is 2.32. The molecule has 0 aromatic carbocycles. The lowest BCUT2D eigenvalue weighted by molar-refractivity contribution is -0.291. The molecular weight excluding hydrogens is 296 g/mol. The van der Waals surface area contributed by atoms with E-state index in [1.54, 1.807) is 13.2 Å². The quantitative estimate of drug-likeness (QED) is 0.574. The summed E-state index contributed by atoms with van der Waals surface area (Å²) < 4.78 is 22.9. The van der Waals surface area contributed by atoms with Gasteiger partial charge in [-0.3, -0.25) is 4.79 Å². The van der Waals surface area contributed by atoms with E-state index in [4.69, 9.17) is 18.9 Å². The Morgan fingerprint density at radius 1 is 1.35 bits per heavy atom. The fourth-order valence-corrected chi connectivity index (χ4v) is 5.21. The number of fused-ring (bicyclic) bond motifs is 2. The molecule has 1 unspecified atom stereocenters. The maximum atomic E-state index is 13.2. The first-order chi connectivity index (χ1) is 10.8. The van der Waals surface area contributed by atoms with Gasteiger partial charge in [0.15, 0.2) is 5.79 Å². The fourth-order valence-electron chi connectivity index (χ4n) is 5.21. The number of hydrogen-bond acceptors (Lipinski definition) is 5. The van der Waals surface area contributed by atoms with Crippen molar-refractivity contribution < 1.29 is 23.7 Å². The van der Waals surface area contributed by atoms with E-state index < -0.39 is 16.6 Å². The maximum absolute atomic E-state index is 13.2. The average Bonchev–Trinajstić information content (AvgIpc) is 2.95. The van der Waals surface area contributed by atoms with E-state index in [-0.39, 0.29) is 30.5 Å². The van der Waals surface area contributed by atoms with Crippen LogP contribution in [0.2, 0.25) is 0 Å². The lowest BCUT2D eigenvalue weighted by atomic mass is 9.44. The van der Waals surface area contributed by atoms with Gasteiger partial charge in [0.05, 0.1) is 19.3 Å². The van der Waals surface area contributed by atoms with Gasteiger partial charge in [0, 0.05) is 36.2 Å². The van der Waals surface area contributed by atoms with Crippen molar-refractivity contribution in [2.75, 3.05) is 27.1 Å². The number of methoxy groups -OCH3 is 1. The molecule has 130 valence electrons. The van der Waals surface area contributed by atoms with Crippen LogP contribution < -0.4 is 0 Å². The van der Waals surface area contributed by atoms with Crippen LogP contribution in [0.5, 0.6) is 0 Å². The van der Waals surface area contributed by atoms with Gasteiger partial charge in [-0.25, -0.2) is 0 Å². The Balaban J connectivity index is 1.96. The van der Waals surface area contributed by atoms with E-state index >= 15 is 0 Å². The molecule has 0 radical (unpaired) electrons. The standard InChI is InChI=1S/C18H28O5/c1-6-13(21-11-20-5)12-9-14-16(2,3)15(19)17(12,4)10-18(14)22-7-8-23-18/h6,12-14H,1,7-11H2,2-5H3/t12-,13?,14+,17-/m0/s1. The number of hydrogen-bond donors (Lipinski definition) is 0. The molecule has 4 atom stereocenters. The molecule has 4 rings (SSSR count). The summed E-state index contributed by atoms with van der Waals surface area (Å²) in [5, 5.41) is 0. The Kier molecular flexibility index (Phi) is 4.20. The minimum absolute atomic E-state index is 0.0328. The van der Waals surface area contributed by atoms with Crippen LogP contribution in [0.1, 0.15) is 33.6 Å². The molecule has 1 saturated heterocycles. The van der Waals surface area contributed by atoms with Crippen LogP contribution in [0.15, 0.2) is 12.7 Å². The number of ether oxygens (including phenoxy) is 4. The zero-order valence-corrected chi connectivity index (χ0v) is 14.6. The molecule has 5 heteroatoms. The first-order valence-corrected chi connectivity index (χ1v) is 8.38. The van der Waals surface area contributed by atoms with Gasteiger partial charge in [-0.1, -0.05) is 26.8 Å². The van der Waals surface area contributed by atoms with Crippen molar-refractivity contribution in [1.29, 1.82) is 0 Å². The predicted octanol–water partition coefficient (Wildman–Crippen LogP) is 2.55. The highest BCUT2D eigenvalue weighted by molar-refractivity contribution is 5.92. The van der Waals surface area contributed by atoms with Crippen molar-refractivity contribution in [3.05, 3.63) is 12.7 Å². The molecule has 4 aliphatic rings. The third-order valence-electron chi connectivity index (χ3n) is 6.21. The van der Waals surface area contributed by atoms with Crippen molar-refractivity contribution >= 4 is 5.78 Å². The normalized spacial score (nSPS) is 38.9. The van der Waals surface area contributed by atoms with Crippen LogP contribution >= 0.6 is 0 Å². The van der Waals surface area contributed by atoms with E-state index in [0.717, 1.165) is 6.42 Å². The summed E-state index contributed by atoms with van der Waals surface area (Å²) in [6.45, 7) is 11.4. The van der Waals surface area contributed by atoms with Crippen LogP contribution in [0.4, 0.5) is 0 Å². The average molecular weight is 324 g/mol. The molecule has 0 amide bonds. The third-order valence-corrected chi connectivity index (χ3v) is 6.21. The van der Waals surface area contributed by atoms with Gasteiger partial charge < -0.3 is 18.9 Å². The summed E-state index contributed by atoms with van der Waals surface area (Å²) in [6, 6.07) is 0. The topological polar surface area (TPSA) is 54.0 Å². The summed E-state index contributed by atoms with van der Waals surface area (Å²) in [5.41, 5.74) is -1.00. The van der Waals surface area contributed by atoms with Crippen molar-refractivity contribution in [2.45, 2.75) is 45.5 Å². The summed E-state index contributed by atoms with van der Waals surface area (Å²) in [5.74, 6) is -0.233. The van der Waals surface area contributed by atoms with Gasteiger partial charge >= 0.3 is 0 Å². The molecule has 5 nitrogen and oxygen atoms in total. The zero-order chi connectivity index (χ0) is 16.9. The number of rotatable bonds is 5. The minimum atomic E-state index is -0.615. The Morgan fingerprint density at radius 2 is 2.00 bits per heavy atom. The van der Waals surface area contributed by atoms with Crippen molar-refractivity contribution in [3.63, 3.8) is 0 Å². The van der Waals surface area contributed by atoms with Crippen LogP contribution in [0.25, 0.3) is 0 Å². The van der Waals surface area contributed by atoms with Gasteiger partial charge in [0.2, 0.25) is 0 Å². The largest absolute Gasteiger partial charge is 0.359 e. The molecule has 3 aliphatic carbocycles. The van der Waals surface area contributed by atoms with Crippen LogP contribution in [0.3, 0.4) is 0 Å². The second-order valence-electron chi connectivity index (χ2n) is 7.82. The monoisotopic (exact) mass is 324 g/mol. The van der Waals surface area contributed by atoms with Crippen LogP contribution in [0, 0.1) is 22.7 Å². The number of carbonyl (C=O) groups is 1.